The van der Waals surface area contributed by atoms with Crippen LogP contribution in [-0.2, 0) is 16.6 Å². The van der Waals surface area contributed by atoms with Gasteiger partial charge in [0.1, 0.15) is 5.01 Å². The molecule has 0 aliphatic carbocycles. The summed E-state index contributed by atoms with van der Waals surface area (Å²) in [5.74, 6) is 0. The van der Waals surface area contributed by atoms with Gasteiger partial charge >= 0.3 is 0 Å². The predicted octanol–water partition coefficient (Wildman–Crippen LogP) is 3.90. The topological polar surface area (TPSA) is 87.9 Å². The molecule has 1 fully saturated rings. The summed E-state index contributed by atoms with van der Waals surface area (Å²) in [7, 11) is -3.57. The van der Waals surface area contributed by atoms with Gasteiger partial charge < -0.3 is 0 Å². The van der Waals surface area contributed by atoms with Gasteiger partial charge in [-0.3, -0.25) is 9.69 Å². The van der Waals surface area contributed by atoms with Crippen molar-refractivity contribution in [3.05, 3.63) is 80.2 Å². The van der Waals surface area contributed by atoms with E-state index in [-0.39, 0.29) is 5.56 Å². The molecule has 1 saturated heterocycles. The summed E-state index contributed by atoms with van der Waals surface area (Å²) in [5.41, 5.74) is 4.09. The van der Waals surface area contributed by atoms with E-state index in [4.69, 9.17) is 11.6 Å². The number of nitrogens with zero attached hydrogens (tertiary/aromatic N) is 5. The van der Waals surface area contributed by atoms with Gasteiger partial charge in [0.2, 0.25) is 15.0 Å². The molecule has 8 nitrogen and oxygen atoms in total. The number of fused-ring (bicyclic) bond motifs is 1. The highest BCUT2D eigenvalue weighted by atomic mass is 35.5. The number of hydrogen-bond acceptors (Lipinski definition) is 7. The first kappa shape index (κ1) is 25.0. The van der Waals surface area contributed by atoms with Gasteiger partial charge in [0.25, 0.3) is 5.56 Å². The normalized spacial score (nSPS) is 15.6. The van der Waals surface area contributed by atoms with Crippen molar-refractivity contribution in [3.63, 3.8) is 0 Å². The number of aryl methyl sites for hydroxylation is 3. The average Bonchev–Trinajstić information content (AvgIpc) is 3.27. The Morgan fingerprint density at radius 2 is 1.61 bits per heavy atom. The lowest BCUT2D eigenvalue weighted by Gasteiger charge is -2.34. The van der Waals surface area contributed by atoms with E-state index in [2.05, 4.69) is 15.0 Å². The zero-order valence-electron chi connectivity index (χ0n) is 20.2. The van der Waals surface area contributed by atoms with Crippen LogP contribution in [0.3, 0.4) is 0 Å². The van der Waals surface area contributed by atoms with Gasteiger partial charge in [-0.05, 0) is 55.7 Å². The highest BCUT2D eigenvalue weighted by Gasteiger charge is 2.30. The number of rotatable bonds is 5. The van der Waals surface area contributed by atoms with E-state index in [0.717, 1.165) is 22.3 Å². The molecule has 0 amide bonds. The summed E-state index contributed by atoms with van der Waals surface area (Å²) < 4.78 is 29.5. The zero-order valence-corrected chi connectivity index (χ0v) is 22.6. The highest BCUT2D eigenvalue weighted by Crippen LogP contribution is 2.27. The molecule has 1 aliphatic heterocycles. The SMILES string of the molecule is Cc1cc(C)c(S(=O)(=O)N2CCN(Cc3cc(=O)n4nc(-c5ccc(Cl)cc5)sc4n3)CC2)cc1C. The summed E-state index contributed by atoms with van der Waals surface area (Å²) in [5, 5.41) is 5.74. The number of sulfonamides is 1. The van der Waals surface area contributed by atoms with Crippen molar-refractivity contribution in [2.75, 3.05) is 26.2 Å². The summed E-state index contributed by atoms with van der Waals surface area (Å²) in [4.78, 5) is 20.4. The molecule has 2 aromatic heterocycles. The first-order valence-electron chi connectivity index (χ1n) is 11.6. The minimum absolute atomic E-state index is 0.238. The minimum Gasteiger partial charge on any atom is -0.295 e. The number of hydrogen-bond donors (Lipinski definition) is 0. The van der Waals surface area contributed by atoms with E-state index < -0.39 is 10.0 Å². The second-order valence-corrected chi connectivity index (χ2v) is 12.4. The maximum absolute atomic E-state index is 13.3. The van der Waals surface area contributed by atoms with Crippen LogP contribution in [0, 0.1) is 20.8 Å². The molecule has 36 heavy (non-hydrogen) atoms. The summed E-state index contributed by atoms with van der Waals surface area (Å²) in [6.45, 7) is 8.11. The van der Waals surface area contributed by atoms with Crippen LogP contribution in [0.25, 0.3) is 15.5 Å². The predicted molar refractivity (Wildman–Crippen MR) is 142 cm³/mol. The number of piperazine rings is 1. The van der Waals surface area contributed by atoms with Crippen molar-refractivity contribution in [2.24, 2.45) is 0 Å². The Morgan fingerprint density at radius 1 is 0.944 bits per heavy atom. The lowest BCUT2D eigenvalue weighted by Crippen LogP contribution is -2.48. The molecular formula is C25H26ClN5O3S2. The number of aromatic nitrogens is 3. The van der Waals surface area contributed by atoms with Gasteiger partial charge in [0, 0.05) is 49.4 Å². The summed E-state index contributed by atoms with van der Waals surface area (Å²) in [6.07, 6.45) is 0. The largest absolute Gasteiger partial charge is 0.295 e. The lowest BCUT2D eigenvalue weighted by molar-refractivity contribution is 0.180. The lowest BCUT2D eigenvalue weighted by atomic mass is 10.1. The van der Waals surface area contributed by atoms with E-state index in [1.807, 2.05) is 39.0 Å². The Morgan fingerprint density at radius 3 is 2.31 bits per heavy atom. The van der Waals surface area contributed by atoms with Gasteiger partial charge in [-0.1, -0.05) is 41.1 Å². The maximum atomic E-state index is 13.3. The molecular weight excluding hydrogens is 518 g/mol. The molecule has 5 rings (SSSR count). The third-order valence-corrected chi connectivity index (χ3v) is 9.77. The van der Waals surface area contributed by atoms with Gasteiger partial charge in [-0.15, -0.1) is 0 Å². The zero-order chi connectivity index (χ0) is 25.6. The van der Waals surface area contributed by atoms with Gasteiger partial charge in [-0.25, -0.2) is 13.4 Å². The maximum Gasteiger partial charge on any atom is 0.275 e. The van der Waals surface area contributed by atoms with Crippen LogP contribution in [-0.4, -0.2) is 58.4 Å². The van der Waals surface area contributed by atoms with Crippen LogP contribution in [0.1, 0.15) is 22.4 Å². The summed E-state index contributed by atoms with van der Waals surface area (Å²) in [6, 6.07) is 12.5. The van der Waals surface area contributed by atoms with Crippen molar-refractivity contribution in [2.45, 2.75) is 32.2 Å². The Labute approximate surface area is 218 Å². The first-order chi connectivity index (χ1) is 17.1. The second kappa shape index (κ2) is 9.68. The molecule has 0 atom stereocenters. The Bertz CT molecular complexity index is 1610. The third kappa shape index (κ3) is 4.83. The van der Waals surface area contributed by atoms with E-state index >= 15 is 0 Å². The standard InChI is InChI=1S/C25H26ClN5O3S2/c1-16-12-18(3)22(13-17(16)2)36(33,34)30-10-8-29(9-11-30)15-21-14-23(32)31-25(27-21)35-24(28-31)19-4-6-20(26)7-5-19/h4-7,12-14H,8-11,15H2,1-3H3. The summed E-state index contributed by atoms with van der Waals surface area (Å²) >= 11 is 7.32. The van der Waals surface area contributed by atoms with Gasteiger partial charge in [0.05, 0.1) is 10.6 Å². The Balaban J connectivity index is 1.30. The van der Waals surface area contributed by atoms with Crippen LogP contribution in [0.5, 0.6) is 0 Å². The van der Waals surface area contributed by atoms with Crippen LogP contribution in [0.2, 0.25) is 5.02 Å². The van der Waals surface area contributed by atoms with Gasteiger partial charge in [-0.2, -0.15) is 13.9 Å². The van der Waals surface area contributed by atoms with Crippen molar-refractivity contribution in [3.8, 4) is 10.6 Å². The second-order valence-electron chi connectivity index (χ2n) is 9.08. The quantitative estimate of drug-likeness (QED) is 0.379. The van der Waals surface area contributed by atoms with Crippen molar-refractivity contribution >= 4 is 37.9 Å². The van der Waals surface area contributed by atoms with Crippen molar-refractivity contribution < 1.29 is 8.42 Å². The smallest absolute Gasteiger partial charge is 0.275 e. The Hall–Kier alpha value is -2.63. The molecule has 4 aromatic rings. The van der Waals surface area contributed by atoms with E-state index in [0.29, 0.717) is 58.3 Å². The van der Waals surface area contributed by atoms with Gasteiger partial charge in [0.15, 0.2) is 0 Å². The first-order valence-corrected chi connectivity index (χ1v) is 14.2. The number of halogens is 1. The molecule has 0 N–H and O–H groups in total. The molecule has 0 saturated carbocycles. The monoisotopic (exact) mass is 543 g/mol. The van der Waals surface area contributed by atoms with E-state index in [1.54, 1.807) is 22.5 Å². The molecule has 0 bridgehead atoms. The molecule has 0 radical (unpaired) electrons. The molecule has 2 aromatic carbocycles. The van der Waals surface area contributed by atoms with Crippen LogP contribution in [0.4, 0.5) is 0 Å². The minimum atomic E-state index is -3.57. The molecule has 0 spiro atoms. The highest BCUT2D eigenvalue weighted by molar-refractivity contribution is 7.89. The fraction of sp³-hybridized carbons (Fsp3) is 0.320. The molecule has 188 valence electrons. The Kier molecular flexibility index (Phi) is 6.73. The molecule has 11 heteroatoms. The molecule has 1 aliphatic rings. The molecule has 0 unspecified atom stereocenters. The average molecular weight is 544 g/mol. The van der Waals surface area contributed by atoms with Crippen LogP contribution < -0.4 is 5.56 Å². The van der Waals surface area contributed by atoms with Crippen molar-refractivity contribution in [1.82, 2.24) is 23.8 Å². The van der Waals surface area contributed by atoms with E-state index in [9.17, 15) is 13.2 Å². The van der Waals surface area contributed by atoms with Crippen molar-refractivity contribution in [1.29, 1.82) is 0 Å². The van der Waals surface area contributed by atoms with E-state index in [1.165, 1.54) is 21.9 Å². The van der Waals surface area contributed by atoms with Crippen LogP contribution >= 0.6 is 22.9 Å². The molecule has 3 heterocycles. The number of benzene rings is 2. The fourth-order valence-corrected chi connectivity index (χ4v) is 7.12. The van der Waals surface area contributed by atoms with Crippen LogP contribution in [0.15, 0.2) is 52.2 Å². The fourth-order valence-electron chi connectivity index (χ4n) is 4.35. The third-order valence-electron chi connectivity index (χ3n) is 6.52.